The van der Waals surface area contributed by atoms with Gasteiger partial charge < -0.3 is 41.0 Å². The second-order valence-corrected chi connectivity index (χ2v) is 5.79. The molecule has 0 aliphatic carbocycles. The Morgan fingerprint density at radius 3 is 2.54 bits per heavy atom. The minimum absolute atomic E-state index is 0.0262. The monoisotopic (exact) mass is 376 g/mol. The molecule has 0 spiro atoms. The lowest BCUT2D eigenvalue weighted by Gasteiger charge is -2.39. The summed E-state index contributed by atoms with van der Waals surface area (Å²) < 4.78 is 10.7. The summed E-state index contributed by atoms with van der Waals surface area (Å²) in [6.07, 6.45) is -4.30. The summed E-state index contributed by atoms with van der Waals surface area (Å²) >= 11 is 0. The molecule has 11 heteroatoms. The van der Waals surface area contributed by atoms with Crippen LogP contribution in [-0.4, -0.2) is 81.9 Å². The summed E-state index contributed by atoms with van der Waals surface area (Å²) in [7, 11) is 0. The van der Waals surface area contributed by atoms with Crippen LogP contribution in [0.2, 0.25) is 0 Å². The van der Waals surface area contributed by atoms with E-state index in [0.29, 0.717) is 0 Å². The number of amides is 2. The smallest absolute Gasteiger partial charge is 0.370 e. The first-order valence-electron chi connectivity index (χ1n) is 7.93. The van der Waals surface area contributed by atoms with E-state index in [1.165, 1.54) is 6.92 Å². The first kappa shape index (κ1) is 21.8. The molecule has 1 aliphatic heterocycles. The first-order chi connectivity index (χ1) is 12.2. The van der Waals surface area contributed by atoms with E-state index >= 15 is 0 Å². The topological polar surface area (TPSA) is 189 Å². The number of primary amides is 1. The van der Waals surface area contributed by atoms with Gasteiger partial charge in [-0.3, -0.25) is 9.59 Å². The van der Waals surface area contributed by atoms with Gasteiger partial charge in [0.2, 0.25) is 17.6 Å². The third kappa shape index (κ3) is 6.26. The molecule has 26 heavy (non-hydrogen) atoms. The van der Waals surface area contributed by atoms with Crippen LogP contribution in [0.15, 0.2) is 11.8 Å². The standard InChI is InChI=1S/C15H24N2O9/c1-7(19)17-12-9(25-4-2-3-11(16)21)5-10(15(23)24)26-14(12)13(22)8(20)6-18/h5,8-9,12-14,18,20,22H,2-4,6H2,1H3,(H2,16,21)(H,17,19)(H,23,24)/t8?,9?,12?,13?,14-/m1/s1. The van der Waals surface area contributed by atoms with Crippen molar-refractivity contribution in [2.75, 3.05) is 13.2 Å². The van der Waals surface area contributed by atoms with E-state index in [0.717, 1.165) is 6.08 Å². The number of hydrogen-bond acceptors (Lipinski definition) is 8. The highest BCUT2D eigenvalue weighted by atomic mass is 16.5. The lowest BCUT2D eigenvalue weighted by Crippen LogP contribution is -2.60. The number of carboxylic acid groups (broad SMARTS) is 1. The molecule has 0 aromatic carbocycles. The third-order valence-electron chi connectivity index (χ3n) is 3.66. The van der Waals surface area contributed by atoms with Crippen LogP contribution in [0.25, 0.3) is 0 Å². The van der Waals surface area contributed by atoms with Crippen LogP contribution in [-0.2, 0) is 23.9 Å². The average Bonchev–Trinajstić information content (AvgIpc) is 2.57. The fourth-order valence-electron chi connectivity index (χ4n) is 2.45. The zero-order valence-electron chi connectivity index (χ0n) is 14.2. The van der Waals surface area contributed by atoms with Crippen molar-refractivity contribution < 1.29 is 44.3 Å². The Balaban J connectivity index is 3.04. The summed E-state index contributed by atoms with van der Waals surface area (Å²) in [5.74, 6) is -3.01. The normalized spacial score (nSPS) is 24.8. The molecule has 4 unspecified atom stereocenters. The third-order valence-corrected chi connectivity index (χ3v) is 3.66. The van der Waals surface area contributed by atoms with Gasteiger partial charge in [0.15, 0.2) is 6.10 Å². The average molecular weight is 376 g/mol. The van der Waals surface area contributed by atoms with Crippen molar-refractivity contribution in [3.8, 4) is 0 Å². The number of carboxylic acids is 1. The maximum atomic E-state index is 11.5. The molecule has 0 saturated heterocycles. The molecule has 148 valence electrons. The summed E-state index contributed by atoms with van der Waals surface area (Å²) in [6, 6.07) is -1.04. The Morgan fingerprint density at radius 1 is 1.38 bits per heavy atom. The summed E-state index contributed by atoms with van der Waals surface area (Å²) in [5, 5.41) is 40.5. The predicted octanol–water partition coefficient (Wildman–Crippen LogP) is -2.78. The van der Waals surface area contributed by atoms with Gasteiger partial charge in [0, 0.05) is 20.0 Å². The number of nitrogens with one attached hydrogen (secondary N) is 1. The van der Waals surface area contributed by atoms with Crippen molar-refractivity contribution in [3.05, 3.63) is 11.8 Å². The van der Waals surface area contributed by atoms with E-state index in [9.17, 15) is 29.7 Å². The Kier molecular flexibility index (Phi) is 8.45. The van der Waals surface area contributed by atoms with Gasteiger partial charge in [-0.2, -0.15) is 0 Å². The van der Waals surface area contributed by atoms with Crippen molar-refractivity contribution in [3.63, 3.8) is 0 Å². The number of rotatable bonds is 10. The molecule has 0 aromatic rings. The van der Waals surface area contributed by atoms with E-state index in [2.05, 4.69) is 5.32 Å². The SMILES string of the molecule is CC(=O)NC1C(OCCCC(N)=O)C=C(C(=O)O)O[C@H]1C(O)C(O)CO. The van der Waals surface area contributed by atoms with E-state index in [1.54, 1.807) is 0 Å². The summed E-state index contributed by atoms with van der Waals surface area (Å²) in [4.78, 5) is 33.5. The highest BCUT2D eigenvalue weighted by Gasteiger charge is 2.44. The maximum absolute atomic E-state index is 11.5. The van der Waals surface area contributed by atoms with Gasteiger partial charge >= 0.3 is 5.97 Å². The van der Waals surface area contributed by atoms with Crippen molar-refractivity contribution in [2.24, 2.45) is 5.73 Å². The van der Waals surface area contributed by atoms with Crippen LogP contribution in [0.5, 0.6) is 0 Å². The van der Waals surface area contributed by atoms with Gasteiger partial charge in [-0.1, -0.05) is 0 Å². The molecule has 0 bridgehead atoms. The Labute approximate surface area is 149 Å². The number of aliphatic hydroxyl groups is 3. The Hall–Kier alpha value is -2.21. The first-order valence-corrected chi connectivity index (χ1v) is 7.93. The second kappa shape index (κ2) is 10.1. The number of carbonyl (C=O) groups excluding carboxylic acids is 2. The van der Waals surface area contributed by atoms with Crippen molar-refractivity contribution >= 4 is 17.8 Å². The van der Waals surface area contributed by atoms with Gasteiger partial charge in [0.1, 0.15) is 18.3 Å². The van der Waals surface area contributed by atoms with Crippen molar-refractivity contribution in [1.29, 1.82) is 0 Å². The van der Waals surface area contributed by atoms with Crippen LogP contribution < -0.4 is 11.1 Å². The van der Waals surface area contributed by atoms with Crippen molar-refractivity contribution in [2.45, 2.75) is 50.2 Å². The van der Waals surface area contributed by atoms with Gasteiger partial charge in [0.05, 0.1) is 12.6 Å². The molecule has 0 fully saturated rings. The number of nitrogens with two attached hydrogens (primary N) is 1. The molecule has 2 amide bonds. The Bertz CT molecular complexity index is 551. The highest BCUT2D eigenvalue weighted by Crippen LogP contribution is 2.25. The Morgan fingerprint density at radius 2 is 2.04 bits per heavy atom. The zero-order chi connectivity index (χ0) is 19.9. The maximum Gasteiger partial charge on any atom is 0.370 e. The molecule has 0 aromatic heterocycles. The quantitative estimate of drug-likeness (QED) is 0.219. The largest absolute Gasteiger partial charge is 0.478 e. The van der Waals surface area contributed by atoms with E-state index in [4.69, 9.17) is 20.3 Å². The van der Waals surface area contributed by atoms with Crippen LogP contribution in [0.3, 0.4) is 0 Å². The number of hydrogen-bond donors (Lipinski definition) is 6. The highest BCUT2D eigenvalue weighted by molar-refractivity contribution is 5.84. The minimum atomic E-state index is -1.70. The molecule has 5 atom stereocenters. The number of ether oxygens (including phenoxy) is 2. The fraction of sp³-hybridized carbons (Fsp3) is 0.667. The molecule has 1 rings (SSSR count). The van der Waals surface area contributed by atoms with Crippen LogP contribution >= 0.6 is 0 Å². The summed E-state index contributed by atoms with van der Waals surface area (Å²) in [5.41, 5.74) is 5.03. The molecule has 1 heterocycles. The lowest BCUT2D eigenvalue weighted by molar-refractivity contribution is -0.151. The van der Waals surface area contributed by atoms with E-state index < -0.39 is 60.6 Å². The summed E-state index contributed by atoms with van der Waals surface area (Å²) in [6.45, 7) is 0.426. The van der Waals surface area contributed by atoms with E-state index in [-0.39, 0.29) is 19.4 Å². The van der Waals surface area contributed by atoms with Gasteiger partial charge in [0.25, 0.3) is 0 Å². The van der Waals surface area contributed by atoms with Crippen molar-refractivity contribution in [1.82, 2.24) is 5.32 Å². The predicted molar refractivity (Wildman–Crippen MR) is 85.5 cm³/mol. The lowest BCUT2D eigenvalue weighted by atomic mass is 9.93. The zero-order valence-corrected chi connectivity index (χ0v) is 14.2. The number of carbonyl (C=O) groups is 3. The molecule has 1 aliphatic rings. The fourth-order valence-corrected chi connectivity index (χ4v) is 2.45. The molecular weight excluding hydrogens is 352 g/mol. The van der Waals surface area contributed by atoms with Crippen LogP contribution in [0.4, 0.5) is 0 Å². The minimum Gasteiger partial charge on any atom is -0.478 e. The molecular formula is C15H24N2O9. The van der Waals surface area contributed by atoms with Crippen LogP contribution in [0.1, 0.15) is 19.8 Å². The molecule has 0 radical (unpaired) electrons. The van der Waals surface area contributed by atoms with Gasteiger partial charge in [-0.05, 0) is 12.5 Å². The molecule has 0 saturated carbocycles. The van der Waals surface area contributed by atoms with Gasteiger partial charge in [-0.25, -0.2) is 4.79 Å². The van der Waals surface area contributed by atoms with Gasteiger partial charge in [-0.15, -0.1) is 0 Å². The number of aliphatic carboxylic acids is 1. The second-order valence-electron chi connectivity index (χ2n) is 5.79. The van der Waals surface area contributed by atoms with Crippen LogP contribution in [0, 0.1) is 0 Å². The molecule has 11 nitrogen and oxygen atoms in total. The number of aliphatic hydroxyl groups excluding tert-OH is 3. The molecule has 7 N–H and O–H groups in total. The van der Waals surface area contributed by atoms with E-state index in [1.807, 2.05) is 0 Å².